The van der Waals surface area contributed by atoms with Crippen LogP contribution < -0.4 is 16.0 Å². The third-order valence-corrected chi connectivity index (χ3v) is 3.85. The van der Waals surface area contributed by atoms with Crippen LogP contribution in [0.25, 0.3) is 0 Å². The van der Waals surface area contributed by atoms with Crippen molar-refractivity contribution in [1.82, 2.24) is 20.9 Å². The summed E-state index contributed by atoms with van der Waals surface area (Å²) in [5, 5.41) is 8.95. The van der Waals surface area contributed by atoms with E-state index < -0.39 is 6.04 Å². The lowest BCUT2D eigenvalue weighted by Crippen LogP contribution is -2.49. The molecule has 0 fully saturated rings. The van der Waals surface area contributed by atoms with Crippen molar-refractivity contribution in [3.63, 3.8) is 0 Å². The average Bonchev–Trinajstić information content (AvgIpc) is 2.68. The predicted molar refractivity (Wildman–Crippen MR) is 102 cm³/mol. The van der Waals surface area contributed by atoms with E-state index in [1.165, 1.54) is 0 Å². The molecule has 0 spiro atoms. The molecule has 6 nitrogen and oxygen atoms in total. The molecule has 0 saturated carbocycles. The summed E-state index contributed by atoms with van der Waals surface area (Å²) >= 11 is 0. The minimum absolute atomic E-state index is 0.198. The molecule has 3 N–H and O–H groups in total. The quantitative estimate of drug-likeness (QED) is 0.565. The van der Waals surface area contributed by atoms with Crippen LogP contribution in [0, 0.1) is 0 Å². The second kappa shape index (κ2) is 11.0. The first kappa shape index (κ1) is 19.6. The summed E-state index contributed by atoms with van der Waals surface area (Å²) in [6, 6.07) is 11.9. The van der Waals surface area contributed by atoms with Crippen LogP contribution in [-0.2, 0) is 11.2 Å². The minimum atomic E-state index is -0.655. The van der Waals surface area contributed by atoms with Gasteiger partial charge in [0.1, 0.15) is 6.04 Å². The standard InChI is InChI=1S/C20H26N4O2/c1-2-10-21-12-13-23-20(26)18(14-16-7-6-11-22-15-16)24-19(25)17-8-4-3-5-9-17/h3-9,11,15,18,21H,2,10,12-14H2,1H3,(H,23,26)(H,24,25). The zero-order valence-corrected chi connectivity index (χ0v) is 15.1. The lowest BCUT2D eigenvalue weighted by atomic mass is 10.1. The Bertz CT molecular complexity index is 677. The molecule has 0 saturated heterocycles. The molecule has 0 bridgehead atoms. The van der Waals surface area contributed by atoms with E-state index in [2.05, 4.69) is 27.9 Å². The molecule has 2 rings (SSSR count). The van der Waals surface area contributed by atoms with Crippen LogP contribution in [0.3, 0.4) is 0 Å². The normalized spacial score (nSPS) is 11.6. The van der Waals surface area contributed by atoms with Gasteiger partial charge in [0.25, 0.3) is 5.91 Å². The minimum Gasteiger partial charge on any atom is -0.353 e. The zero-order chi connectivity index (χ0) is 18.6. The van der Waals surface area contributed by atoms with E-state index in [0.717, 1.165) is 18.5 Å². The molecule has 1 atom stereocenters. The van der Waals surface area contributed by atoms with Gasteiger partial charge in [0.2, 0.25) is 5.91 Å². The number of pyridine rings is 1. The Kier molecular flexibility index (Phi) is 8.29. The van der Waals surface area contributed by atoms with Crippen molar-refractivity contribution in [3.8, 4) is 0 Å². The van der Waals surface area contributed by atoms with Crippen LogP contribution in [-0.4, -0.2) is 42.5 Å². The Hall–Kier alpha value is -2.73. The molecule has 0 radical (unpaired) electrons. The van der Waals surface area contributed by atoms with E-state index in [4.69, 9.17) is 0 Å². The van der Waals surface area contributed by atoms with Gasteiger partial charge in [0.15, 0.2) is 0 Å². The molecule has 1 aromatic heterocycles. The van der Waals surface area contributed by atoms with E-state index in [9.17, 15) is 9.59 Å². The summed E-state index contributed by atoms with van der Waals surface area (Å²) in [4.78, 5) is 29.1. The van der Waals surface area contributed by atoms with Gasteiger partial charge in [-0.2, -0.15) is 0 Å². The van der Waals surface area contributed by atoms with Gasteiger partial charge in [-0.25, -0.2) is 0 Å². The zero-order valence-electron chi connectivity index (χ0n) is 15.1. The van der Waals surface area contributed by atoms with Gasteiger partial charge in [-0.3, -0.25) is 14.6 Å². The third-order valence-electron chi connectivity index (χ3n) is 3.85. The smallest absolute Gasteiger partial charge is 0.251 e. The number of carbonyl (C=O) groups is 2. The van der Waals surface area contributed by atoms with Crippen LogP contribution in [0.15, 0.2) is 54.9 Å². The first-order valence-electron chi connectivity index (χ1n) is 8.94. The highest BCUT2D eigenvalue weighted by molar-refractivity contribution is 5.97. The third kappa shape index (κ3) is 6.64. The van der Waals surface area contributed by atoms with Gasteiger partial charge in [0.05, 0.1) is 0 Å². The van der Waals surface area contributed by atoms with Crippen LogP contribution >= 0.6 is 0 Å². The maximum absolute atomic E-state index is 12.6. The fraction of sp³-hybridized carbons (Fsp3) is 0.350. The van der Waals surface area contributed by atoms with Gasteiger partial charge in [-0.1, -0.05) is 31.2 Å². The Labute approximate surface area is 154 Å². The van der Waals surface area contributed by atoms with Crippen molar-refractivity contribution in [1.29, 1.82) is 0 Å². The molecule has 2 aromatic rings. The molecule has 0 aliphatic rings. The van der Waals surface area contributed by atoms with Crippen molar-refractivity contribution in [2.24, 2.45) is 0 Å². The summed E-state index contributed by atoms with van der Waals surface area (Å²) in [6.07, 6.45) is 4.82. The van der Waals surface area contributed by atoms with Gasteiger partial charge >= 0.3 is 0 Å². The molecule has 1 aromatic carbocycles. The Morgan fingerprint density at radius 2 is 1.85 bits per heavy atom. The summed E-state index contributed by atoms with van der Waals surface area (Å²) in [7, 11) is 0. The molecule has 2 amide bonds. The molecule has 6 heteroatoms. The van der Waals surface area contributed by atoms with Gasteiger partial charge < -0.3 is 16.0 Å². The molecular weight excluding hydrogens is 328 g/mol. The van der Waals surface area contributed by atoms with Crippen molar-refractivity contribution in [2.75, 3.05) is 19.6 Å². The number of benzene rings is 1. The Morgan fingerprint density at radius 3 is 2.54 bits per heavy atom. The second-order valence-electron chi connectivity index (χ2n) is 6.00. The molecule has 26 heavy (non-hydrogen) atoms. The highest BCUT2D eigenvalue weighted by Crippen LogP contribution is 2.04. The highest BCUT2D eigenvalue weighted by Gasteiger charge is 2.21. The second-order valence-corrected chi connectivity index (χ2v) is 6.00. The Balaban J connectivity index is 1.98. The summed E-state index contributed by atoms with van der Waals surface area (Å²) < 4.78 is 0. The van der Waals surface area contributed by atoms with Gasteiger partial charge in [-0.05, 0) is 36.7 Å². The topological polar surface area (TPSA) is 83.1 Å². The summed E-state index contributed by atoms with van der Waals surface area (Å²) in [5.74, 6) is -0.463. The first-order valence-corrected chi connectivity index (χ1v) is 8.94. The van der Waals surface area contributed by atoms with Crippen molar-refractivity contribution < 1.29 is 9.59 Å². The number of carbonyl (C=O) groups excluding carboxylic acids is 2. The number of amides is 2. The lowest BCUT2D eigenvalue weighted by molar-refractivity contribution is -0.122. The lowest BCUT2D eigenvalue weighted by Gasteiger charge is -2.19. The highest BCUT2D eigenvalue weighted by atomic mass is 16.2. The number of hydrogen-bond acceptors (Lipinski definition) is 4. The van der Waals surface area contributed by atoms with E-state index >= 15 is 0 Å². The van der Waals surface area contributed by atoms with Crippen LogP contribution in [0.1, 0.15) is 29.3 Å². The van der Waals surface area contributed by atoms with Crippen molar-refractivity contribution in [3.05, 3.63) is 66.0 Å². The predicted octanol–water partition coefficient (Wildman–Crippen LogP) is 1.54. The van der Waals surface area contributed by atoms with Crippen molar-refractivity contribution in [2.45, 2.75) is 25.8 Å². The average molecular weight is 354 g/mol. The number of nitrogens with one attached hydrogen (secondary N) is 3. The molecule has 1 heterocycles. The first-order chi connectivity index (χ1) is 12.7. The number of rotatable bonds is 10. The fourth-order valence-electron chi connectivity index (χ4n) is 2.49. The summed E-state index contributed by atoms with van der Waals surface area (Å²) in [6.45, 7) is 4.23. The van der Waals surface area contributed by atoms with E-state index in [-0.39, 0.29) is 11.8 Å². The molecule has 1 unspecified atom stereocenters. The van der Waals surface area contributed by atoms with Crippen LogP contribution in [0.5, 0.6) is 0 Å². The van der Waals surface area contributed by atoms with Crippen molar-refractivity contribution >= 4 is 11.8 Å². The summed E-state index contributed by atoms with van der Waals surface area (Å²) in [5.41, 5.74) is 1.42. The number of hydrogen-bond donors (Lipinski definition) is 3. The number of aromatic nitrogens is 1. The van der Waals surface area contributed by atoms with Crippen LogP contribution in [0.4, 0.5) is 0 Å². The van der Waals surface area contributed by atoms with E-state index in [1.807, 2.05) is 18.2 Å². The Morgan fingerprint density at radius 1 is 1.04 bits per heavy atom. The number of nitrogens with zero attached hydrogens (tertiary/aromatic N) is 1. The van der Waals surface area contributed by atoms with E-state index in [0.29, 0.717) is 25.1 Å². The molecule has 0 aliphatic heterocycles. The monoisotopic (exact) mass is 354 g/mol. The molecule has 0 aliphatic carbocycles. The van der Waals surface area contributed by atoms with Crippen LogP contribution in [0.2, 0.25) is 0 Å². The van der Waals surface area contributed by atoms with E-state index in [1.54, 1.807) is 36.7 Å². The molecule has 138 valence electrons. The maximum Gasteiger partial charge on any atom is 0.251 e. The largest absolute Gasteiger partial charge is 0.353 e. The SMILES string of the molecule is CCCNCCNC(=O)C(Cc1cccnc1)NC(=O)c1ccccc1. The van der Waals surface area contributed by atoms with Gasteiger partial charge in [-0.15, -0.1) is 0 Å². The maximum atomic E-state index is 12.6. The van der Waals surface area contributed by atoms with Gasteiger partial charge in [0, 0.05) is 37.5 Å². The fourth-order valence-corrected chi connectivity index (χ4v) is 2.49. The molecular formula is C20H26N4O2.